The number of hydrogen-bond acceptors (Lipinski definition) is 2. The van der Waals surface area contributed by atoms with E-state index in [1.807, 2.05) is 18.2 Å². The number of nitrogens with one attached hydrogen (secondary N) is 1. The van der Waals surface area contributed by atoms with Crippen molar-refractivity contribution in [2.45, 2.75) is 25.7 Å². The van der Waals surface area contributed by atoms with Gasteiger partial charge in [0.2, 0.25) is 0 Å². The molecule has 0 spiro atoms. The van der Waals surface area contributed by atoms with Crippen LogP contribution < -0.4 is 5.32 Å². The number of carbonyl (C=O) groups is 1. The largest absolute Gasteiger partial charge is 0.347 e. The van der Waals surface area contributed by atoms with Gasteiger partial charge in [-0.05, 0) is 61.1 Å². The summed E-state index contributed by atoms with van der Waals surface area (Å²) in [5.41, 5.74) is 4.24. The van der Waals surface area contributed by atoms with Gasteiger partial charge in [-0.2, -0.15) is 9.78 Å². The van der Waals surface area contributed by atoms with Gasteiger partial charge in [-0.25, -0.2) is 4.79 Å². The Morgan fingerprint density at radius 2 is 2.04 bits per heavy atom. The van der Waals surface area contributed by atoms with Gasteiger partial charge in [-0.15, -0.1) is 0 Å². The molecule has 0 saturated carbocycles. The van der Waals surface area contributed by atoms with Crippen LogP contribution in [0.3, 0.4) is 0 Å². The highest BCUT2D eigenvalue weighted by atomic mass is 35.5. The summed E-state index contributed by atoms with van der Waals surface area (Å²) in [5.74, 6) is 0. The van der Waals surface area contributed by atoms with E-state index in [4.69, 9.17) is 11.6 Å². The molecule has 0 radical (unpaired) electrons. The molecule has 0 saturated heterocycles. The van der Waals surface area contributed by atoms with E-state index in [2.05, 4.69) is 16.5 Å². The summed E-state index contributed by atoms with van der Waals surface area (Å²) in [5, 5.41) is 8.68. The zero-order valence-electron chi connectivity index (χ0n) is 12.6. The molecule has 5 heteroatoms. The summed E-state index contributed by atoms with van der Waals surface area (Å²) < 4.78 is 1.38. The third-order valence-corrected chi connectivity index (χ3v) is 4.60. The lowest BCUT2D eigenvalue weighted by molar-refractivity contribution is 0.252. The van der Waals surface area contributed by atoms with E-state index in [1.165, 1.54) is 28.7 Å². The molecule has 1 N–H and O–H groups in total. The van der Waals surface area contributed by atoms with Crippen LogP contribution in [0.5, 0.6) is 0 Å². The lowest BCUT2D eigenvalue weighted by atomic mass is 9.90. The standard InChI is InChI=1S/C18H16ClN3O/c19-14-8-9-17-13(10-14)11-20-22(17)18(23)21-16-7-3-5-12-4-1-2-6-15(12)16/h3,5,7-11H,1-2,4,6H2,(H,21,23). The second kappa shape index (κ2) is 5.70. The number of amides is 1. The van der Waals surface area contributed by atoms with Crippen LogP contribution in [0, 0.1) is 0 Å². The van der Waals surface area contributed by atoms with Gasteiger partial charge in [0.1, 0.15) is 0 Å². The summed E-state index contributed by atoms with van der Waals surface area (Å²) in [4.78, 5) is 12.6. The topological polar surface area (TPSA) is 46.9 Å². The number of anilines is 1. The van der Waals surface area contributed by atoms with Gasteiger partial charge in [-0.3, -0.25) is 0 Å². The molecule has 2 aromatic carbocycles. The average molecular weight is 326 g/mol. The van der Waals surface area contributed by atoms with Crippen molar-refractivity contribution in [3.63, 3.8) is 0 Å². The molecule has 1 heterocycles. The zero-order valence-corrected chi connectivity index (χ0v) is 13.3. The molecule has 3 aromatic rings. The molecule has 4 nitrogen and oxygen atoms in total. The minimum Gasteiger partial charge on any atom is -0.306 e. The van der Waals surface area contributed by atoms with Gasteiger partial charge in [-0.1, -0.05) is 23.7 Å². The summed E-state index contributed by atoms with van der Waals surface area (Å²) >= 11 is 5.98. The van der Waals surface area contributed by atoms with Crippen LogP contribution in [0.2, 0.25) is 5.02 Å². The molecular weight excluding hydrogens is 310 g/mol. The van der Waals surface area contributed by atoms with E-state index < -0.39 is 0 Å². The van der Waals surface area contributed by atoms with Crippen molar-refractivity contribution in [3.05, 3.63) is 58.7 Å². The maximum absolute atomic E-state index is 12.6. The van der Waals surface area contributed by atoms with Crippen LogP contribution in [-0.2, 0) is 12.8 Å². The van der Waals surface area contributed by atoms with E-state index >= 15 is 0 Å². The number of benzene rings is 2. The number of fused-ring (bicyclic) bond motifs is 2. The van der Waals surface area contributed by atoms with Crippen molar-refractivity contribution in [3.8, 4) is 0 Å². The molecular formula is C18H16ClN3O. The summed E-state index contributed by atoms with van der Waals surface area (Å²) in [6, 6.07) is 11.2. The molecule has 0 unspecified atom stereocenters. The first-order valence-corrected chi connectivity index (χ1v) is 8.15. The molecule has 1 amide bonds. The van der Waals surface area contributed by atoms with Crippen molar-refractivity contribution >= 4 is 34.2 Å². The Kier molecular flexibility index (Phi) is 3.54. The third-order valence-electron chi connectivity index (χ3n) is 4.36. The average Bonchev–Trinajstić information content (AvgIpc) is 2.98. The number of nitrogens with zero attached hydrogens (tertiary/aromatic N) is 2. The second-order valence-electron chi connectivity index (χ2n) is 5.84. The van der Waals surface area contributed by atoms with E-state index in [0.717, 1.165) is 29.4 Å². The fourth-order valence-electron chi connectivity index (χ4n) is 3.23. The van der Waals surface area contributed by atoms with Gasteiger partial charge >= 0.3 is 6.03 Å². The van der Waals surface area contributed by atoms with Crippen LogP contribution in [0.1, 0.15) is 24.0 Å². The van der Waals surface area contributed by atoms with Crippen LogP contribution in [0.4, 0.5) is 10.5 Å². The molecule has 116 valence electrons. The predicted octanol–water partition coefficient (Wildman–Crippen LogP) is 4.65. The molecule has 23 heavy (non-hydrogen) atoms. The highest BCUT2D eigenvalue weighted by Gasteiger charge is 2.16. The van der Waals surface area contributed by atoms with Gasteiger partial charge in [0.05, 0.1) is 11.7 Å². The lowest BCUT2D eigenvalue weighted by Crippen LogP contribution is -2.22. The zero-order chi connectivity index (χ0) is 15.8. The van der Waals surface area contributed by atoms with Crippen LogP contribution in [-0.4, -0.2) is 15.8 Å². The maximum atomic E-state index is 12.6. The Hall–Kier alpha value is -2.33. The molecule has 1 aliphatic carbocycles. The first-order valence-electron chi connectivity index (χ1n) is 7.78. The van der Waals surface area contributed by atoms with E-state index in [0.29, 0.717) is 5.02 Å². The Bertz CT molecular complexity index is 900. The summed E-state index contributed by atoms with van der Waals surface area (Å²) in [6.45, 7) is 0. The van der Waals surface area contributed by atoms with Gasteiger partial charge in [0, 0.05) is 16.1 Å². The van der Waals surface area contributed by atoms with Crippen molar-refractivity contribution in [2.24, 2.45) is 0 Å². The van der Waals surface area contributed by atoms with Gasteiger partial charge in [0.15, 0.2) is 0 Å². The number of aromatic nitrogens is 2. The Morgan fingerprint density at radius 3 is 2.96 bits per heavy atom. The SMILES string of the molecule is O=C(Nc1cccc2c1CCCC2)n1ncc2cc(Cl)ccc21. The Labute approximate surface area is 139 Å². The normalized spacial score (nSPS) is 13.8. The molecule has 4 rings (SSSR count). The highest BCUT2D eigenvalue weighted by Crippen LogP contribution is 2.28. The molecule has 1 aliphatic rings. The molecule has 1 aromatic heterocycles. The fourth-order valence-corrected chi connectivity index (χ4v) is 3.41. The van der Waals surface area contributed by atoms with Gasteiger partial charge in [0.25, 0.3) is 0 Å². The van der Waals surface area contributed by atoms with E-state index in [1.54, 1.807) is 18.3 Å². The smallest absolute Gasteiger partial charge is 0.306 e. The summed E-state index contributed by atoms with van der Waals surface area (Å²) in [6.07, 6.45) is 6.14. The molecule has 0 atom stereocenters. The van der Waals surface area contributed by atoms with Crippen LogP contribution in [0.15, 0.2) is 42.6 Å². The Morgan fingerprint density at radius 1 is 1.17 bits per heavy atom. The van der Waals surface area contributed by atoms with Crippen LogP contribution in [0.25, 0.3) is 10.9 Å². The fraction of sp³-hybridized carbons (Fsp3) is 0.222. The Balaban J connectivity index is 1.67. The first kappa shape index (κ1) is 14.3. The third kappa shape index (κ3) is 2.59. The molecule has 0 bridgehead atoms. The van der Waals surface area contributed by atoms with Crippen molar-refractivity contribution in [2.75, 3.05) is 5.32 Å². The maximum Gasteiger partial charge on any atom is 0.347 e. The molecule has 0 aliphatic heterocycles. The van der Waals surface area contributed by atoms with Crippen molar-refractivity contribution in [1.82, 2.24) is 9.78 Å². The van der Waals surface area contributed by atoms with E-state index in [9.17, 15) is 4.79 Å². The quantitative estimate of drug-likeness (QED) is 0.708. The lowest BCUT2D eigenvalue weighted by Gasteiger charge is -2.19. The van der Waals surface area contributed by atoms with Crippen molar-refractivity contribution < 1.29 is 4.79 Å². The highest BCUT2D eigenvalue weighted by molar-refractivity contribution is 6.31. The number of halogens is 1. The predicted molar refractivity (Wildman–Crippen MR) is 92.2 cm³/mol. The second-order valence-corrected chi connectivity index (χ2v) is 6.28. The van der Waals surface area contributed by atoms with Gasteiger partial charge < -0.3 is 5.32 Å². The minimum atomic E-state index is -0.249. The monoisotopic (exact) mass is 325 g/mol. The first-order chi connectivity index (χ1) is 11.2. The van der Waals surface area contributed by atoms with E-state index in [-0.39, 0.29) is 6.03 Å². The molecule has 0 fully saturated rings. The number of hydrogen-bond donors (Lipinski definition) is 1. The minimum absolute atomic E-state index is 0.249. The van der Waals surface area contributed by atoms with Crippen molar-refractivity contribution in [1.29, 1.82) is 0 Å². The van der Waals surface area contributed by atoms with Crippen LogP contribution >= 0.6 is 11.6 Å². The summed E-state index contributed by atoms with van der Waals surface area (Å²) in [7, 11) is 0. The number of carbonyl (C=O) groups excluding carboxylic acids is 1. The number of rotatable bonds is 1. The number of aryl methyl sites for hydroxylation is 1.